The smallest absolute Gasteiger partial charge is 0.346 e. The van der Waals surface area contributed by atoms with Crippen molar-refractivity contribution in [2.75, 3.05) is 0 Å². The number of hydrogen-bond donors (Lipinski definition) is 2. The van der Waals surface area contributed by atoms with E-state index in [0.29, 0.717) is 16.6 Å². The summed E-state index contributed by atoms with van der Waals surface area (Å²) < 4.78 is 0.598. The van der Waals surface area contributed by atoms with E-state index >= 15 is 0 Å². The van der Waals surface area contributed by atoms with Gasteiger partial charge in [-0.2, -0.15) is 4.98 Å². The normalized spacial score (nSPS) is 10.5. The van der Waals surface area contributed by atoms with E-state index in [-0.39, 0.29) is 5.69 Å². The minimum absolute atomic E-state index is 0.0577. The first-order chi connectivity index (χ1) is 11.1. The van der Waals surface area contributed by atoms with Crippen LogP contribution in [0.1, 0.15) is 16.1 Å². The van der Waals surface area contributed by atoms with Crippen molar-refractivity contribution in [3.05, 3.63) is 68.8 Å². The molecule has 0 atom stereocenters. The minimum Gasteiger partial charge on any atom is -0.347 e. The van der Waals surface area contributed by atoms with Crippen LogP contribution in [-0.4, -0.2) is 20.9 Å². The maximum atomic E-state index is 12.2. The SMILES string of the molecule is O=C(NCc1ccncc1)c1cc(-c2ccc(Cl)s2)[nH]c(=O)n1. The van der Waals surface area contributed by atoms with Crippen LogP contribution in [0.2, 0.25) is 4.34 Å². The molecule has 0 radical (unpaired) electrons. The molecule has 3 aromatic heterocycles. The molecule has 2 N–H and O–H groups in total. The summed E-state index contributed by atoms with van der Waals surface area (Å²) in [6, 6.07) is 8.63. The fraction of sp³-hybridized carbons (Fsp3) is 0.0667. The lowest BCUT2D eigenvalue weighted by Gasteiger charge is -2.05. The van der Waals surface area contributed by atoms with Crippen LogP contribution >= 0.6 is 22.9 Å². The van der Waals surface area contributed by atoms with Gasteiger partial charge in [-0.3, -0.25) is 9.78 Å². The van der Waals surface area contributed by atoms with Gasteiger partial charge in [-0.25, -0.2) is 4.79 Å². The Kier molecular flexibility index (Phi) is 4.50. The predicted molar refractivity (Wildman–Crippen MR) is 88.6 cm³/mol. The molecule has 0 aliphatic carbocycles. The van der Waals surface area contributed by atoms with Gasteiger partial charge in [-0.05, 0) is 35.9 Å². The molecule has 0 aromatic carbocycles. The number of nitrogens with zero attached hydrogens (tertiary/aromatic N) is 2. The molecule has 3 rings (SSSR count). The van der Waals surface area contributed by atoms with Gasteiger partial charge in [0, 0.05) is 18.9 Å². The van der Waals surface area contributed by atoms with Crippen LogP contribution in [0.25, 0.3) is 10.6 Å². The van der Waals surface area contributed by atoms with Crippen molar-refractivity contribution in [1.29, 1.82) is 0 Å². The number of thiophene rings is 1. The van der Waals surface area contributed by atoms with Crippen LogP contribution in [0, 0.1) is 0 Å². The van der Waals surface area contributed by atoms with Crippen LogP contribution < -0.4 is 11.0 Å². The summed E-state index contributed by atoms with van der Waals surface area (Å²) >= 11 is 7.21. The monoisotopic (exact) mass is 346 g/mol. The van der Waals surface area contributed by atoms with Crippen molar-refractivity contribution < 1.29 is 4.79 Å². The molecule has 0 aliphatic heterocycles. The summed E-state index contributed by atoms with van der Waals surface area (Å²) in [5, 5.41) is 2.72. The van der Waals surface area contributed by atoms with Gasteiger partial charge in [0.25, 0.3) is 5.91 Å². The van der Waals surface area contributed by atoms with Gasteiger partial charge >= 0.3 is 5.69 Å². The van der Waals surface area contributed by atoms with Crippen LogP contribution in [0.4, 0.5) is 0 Å². The third-order valence-electron chi connectivity index (χ3n) is 3.02. The van der Waals surface area contributed by atoms with E-state index < -0.39 is 11.6 Å². The highest BCUT2D eigenvalue weighted by Crippen LogP contribution is 2.29. The second-order valence-corrected chi connectivity index (χ2v) is 6.34. The Labute approximate surface area is 140 Å². The number of carbonyl (C=O) groups excluding carboxylic acids is 1. The molecular formula is C15H11ClN4O2S. The lowest BCUT2D eigenvalue weighted by Crippen LogP contribution is -2.27. The molecular weight excluding hydrogens is 336 g/mol. The van der Waals surface area contributed by atoms with Gasteiger partial charge in [0.15, 0.2) is 0 Å². The molecule has 0 fully saturated rings. The van der Waals surface area contributed by atoms with Crippen molar-refractivity contribution in [3.63, 3.8) is 0 Å². The number of aromatic nitrogens is 3. The number of aromatic amines is 1. The van der Waals surface area contributed by atoms with Crippen LogP contribution in [-0.2, 0) is 6.54 Å². The van der Waals surface area contributed by atoms with Gasteiger partial charge in [-0.15, -0.1) is 11.3 Å². The minimum atomic E-state index is -0.582. The maximum Gasteiger partial charge on any atom is 0.346 e. The molecule has 1 amide bonds. The number of carbonyl (C=O) groups is 1. The van der Waals surface area contributed by atoms with Crippen molar-refractivity contribution in [2.24, 2.45) is 0 Å². The molecule has 3 aromatic rings. The number of H-pyrrole nitrogens is 1. The molecule has 23 heavy (non-hydrogen) atoms. The Morgan fingerprint density at radius 2 is 2.04 bits per heavy atom. The standard InChI is InChI=1S/C15H11ClN4O2S/c16-13-2-1-12(23-13)10-7-11(20-15(22)19-10)14(21)18-8-9-3-5-17-6-4-9/h1-7H,8H2,(H,18,21)(H,19,20,22). The molecule has 0 aliphatic rings. The Balaban J connectivity index is 1.80. The van der Waals surface area contributed by atoms with E-state index in [1.165, 1.54) is 17.4 Å². The second-order valence-electron chi connectivity index (χ2n) is 4.63. The summed E-state index contributed by atoms with van der Waals surface area (Å²) in [5.74, 6) is -0.420. The van der Waals surface area contributed by atoms with Gasteiger partial charge in [0.05, 0.1) is 14.9 Å². The zero-order valence-electron chi connectivity index (χ0n) is 11.7. The van der Waals surface area contributed by atoms with Gasteiger partial charge < -0.3 is 10.3 Å². The molecule has 116 valence electrons. The molecule has 6 nitrogen and oxygen atoms in total. The average molecular weight is 347 g/mol. The van der Waals surface area contributed by atoms with Crippen molar-refractivity contribution in [2.45, 2.75) is 6.54 Å². The molecule has 8 heteroatoms. The lowest BCUT2D eigenvalue weighted by atomic mass is 10.2. The van der Waals surface area contributed by atoms with Gasteiger partial charge in [0.2, 0.25) is 0 Å². The third-order valence-corrected chi connectivity index (χ3v) is 4.28. The first-order valence-corrected chi connectivity index (χ1v) is 7.85. The number of halogens is 1. The van der Waals surface area contributed by atoms with Crippen molar-refractivity contribution in [3.8, 4) is 10.6 Å². The van der Waals surface area contributed by atoms with E-state index in [0.717, 1.165) is 10.4 Å². The largest absolute Gasteiger partial charge is 0.347 e. The summed E-state index contributed by atoms with van der Waals surface area (Å²) in [6.45, 7) is 0.329. The highest BCUT2D eigenvalue weighted by Gasteiger charge is 2.12. The van der Waals surface area contributed by atoms with Crippen LogP contribution in [0.3, 0.4) is 0 Å². The first-order valence-electron chi connectivity index (χ1n) is 6.66. The zero-order valence-corrected chi connectivity index (χ0v) is 13.3. The number of rotatable bonds is 4. The van der Waals surface area contributed by atoms with Crippen LogP contribution in [0.5, 0.6) is 0 Å². The maximum absolute atomic E-state index is 12.2. The summed E-state index contributed by atoms with van der Waals surface area (Å²) in [7, 11) is 0. The Bertz CT molecular complexity index is 892. The summed E-state index contributed by atoms with van der Waals surface area (Å²) in [6.07, 6.45) is 3.29. The summed E-state index contributed by atoms with van der Waals surface area (Å²) in [4.78, 5) is 34.9. The highest BCUT2D eigenvalue weighted by molar-refractivity contribution is 7.19. The van der Waals surface area contributed by atoms with E-state index in [1.807, 2.05) is 0 Å². The Hall–Kier alpha value is -2.51. The number of hydrogen-bond acceptors (Lipinski definition) is 5. The van der Waals surface area contributed by atoms with Crippen LogP contribution in [0.15, 0.2) is 47.5 Å². The van der Waals surface area contributed by atoms with E-state index in [4.69, 9.17) is 11.6 Å². The van der Waals surface area contributed by atoms with E-state index in [9.17, 15) is 9.59 Å². The number of nitrogens with one attached hydrogen (secondary N) is 2. The van der Waals surface area contributed by atoms with Gasteiger partial charge in [-0.1, -0.05) is 11.6 Å². The molecule has 0 unspecified atom stereocenters. The average Bonchev–Trinajstić information content (AvgIpc) is 2.99. The molecule has 3 heterocycles. The fourth-order valence-electron chi connectivity index (χ4n) is 1.94. The van der Waals surface area contributed by atoms with Crippen molar-refractivity contribution in [1.82, 2.24) is 20.3 Å². The van der Waals surface area contributed by atoms with E-state index in [1.54, 1.807) is 36.7 Å². The lowest BCUT2D eigenvalue weighted by molar-refractivity contribution is 0.0945. The molecule has 0 saturated carbocycles. The summed E-state index contributed by atoms with van der Waals surface area (Å²) in [5.41, 5.74) is 0.892. The van der Waals surface area contributed by atoms with E-state index in [2.05, 4.69) is 20.3 Å². The Morgan fingerprint density at radius 3 is 2.74 bits per heavy atom. The molecule has 0 bridgehead atoms. The second kappa shape index (κ2) is 6.72. The third kappa shape index (κ3) is 3.82. The Morgan fingerprint density at radius 1 is 1.26 bits per heavy atom. The molecule has 0 spiro atoms. The molecule has 0 saturated heterocycles. The van der Waals surface area contributed by atoms with Crippen molar-refractivity contribution >= 4 is 28.8 Å². The topological polar surface area (TPSA) is 87.7 Å². The highest BCUT2D eigenvalue weighted by atomic mass is 35.5. The van der Waals surface area contributed by atoms with Gasteiger partial charge in [0.1, 0.15) is 5.69 Å². The number of amides is 1. The zero-order chi connectivity index (χ0) is 16.2. The number of pyridine rings is 1. The first kappa shape index (κ1) is 15.4. The predicted octanol–water partition coefficient (Wildman–Crippen LogP) is 2.48. The quantitative estimate of drug-likeness (QED) is 0.759. The fourth-order valence-corrected chi connectivity index (χ4v) is 2.95.